The van der Waals surface area contributed by atoms with Gasteiger partial charge in [0.1, 0.15) is 12.1 Å². The van der Waals surface area contributed by atoms with Crippen LogP contribution in [-0.2, 0) is 0 Å². The Morgan fingerprint density at radius 1 is 1.14 bits per heavy atom. The van der Waals surface area contributed by atoms with Crippen LogP contribution >= 0.6 is 0 Å². The van der Waals surface area contributed by atoms with Crippen LogP contribution < -0.4 is 16.0 Å². The van der Waals surface area contributed by atoms with Crippen molar-refractivity contribution in [2.24, 2.45) is 0 Å². The van der Waals surface area contributed by atoms with Gasteiger partial charge in [-0.05, 0) is 59.6 Å². The van der Waals surface area contributed by atoms with Gasteiger partial charge in [-0.25, -0.2) is 15.0 Å². The zero-order chi connectivity index (χ0) is 20.5. The van der Waals surface area contributed by atoms with Crippen LogP contribution in [0.15, 0.2) is 24.5 Å². The molecule has 0 saturated carbocycles. The summed E-state index contributed by atoms with van der Waals surface area (Å²) in [6, 6.07) is 5.47. The number of piperidine rings is 1. The number of nitro groups is 1. The summed E-state index contributed by atoms with van der Waals surface area (Å²) < 4.78 is 0. The molecule has 0 unspecified atom stereocenters. The lowest BCUT2D eigenvalue weighted by molar-refractivity contribution is -0.383. The molecule has 1 saturated heterocycles. The third kappa shape index (κ3) is 4.72. The van der Waals surface area contributed by atoms with Gasteiger partial charge in [0, 0.05) is 22.8 Å². The van der Waals surface area contributed by atoms with E-state index < -0.39 is 4.92 Å². The highest BCUT2D eigenvalue weighted by atomic mass is 16.6. The van der Waals surface area contributed by atoms with Gasteiger partial charge in [0.15, 0.2) is 0 Å². The minimum atomic E-state index is -0.460. The second-order valence-corrected chi connectivity index (χ2v) is 8.61. The lowest BCUT2D eigenvalue weighted by atomic mass is 9.79. The summed E-state index contributed by atoms with van der Waals surface area (Å²) in [6.45, 7) is 10.4. The highest BCUT2D eigenvalue weighted by Crippen LogP contribution is 2.35. The van der Waals surface area contributed by atoms with Gasteiger partial charge in [-0.3, -0.25) is 10.1 Å². The van der Waals surface area contributed by atoms with Gasteiger partial charge in [-0.2, -0.15) is 0 Å². The molecule has 0 spiro atoms. The first-order chi connectivity index (χ1) is 13.0. The lowest BCUT2D eigenvalue weighted by Crippen LogP contribution is -2.60. The molecule has 28 heavy (non-hydrogen) atoms. The summed E-state index contributed by atoms with van der Waals surface area (Å²) >= 11 is 0. The Morgan fingerprint density at radius 3 is 2.39 bits per heavy atom. The van der Waals surface area contributed by atoms with Crippen molar-refractivity contribution in [3.8, 4) is 0 Å². The number of hydrogen-bond donors (Lipinski definition) is 3. The van der Waals surface area contributed by atoms with Crippen LogP contribution in [0.1, 0.15) is 46.2 Å². The first kappa shape index (κ1) is 19.9. The maximum absolute atomic E-state index is 11.8. The highest BCUT2D eigenvalue weighted by Gasteiger charge is 2.38. The van der Waals surface area contributed by atoms with E-state index in [0.717, 1.165) is 18.5 Å². The molecule has 0 radical (unpaired) electrons. The molecule has 1 aliphatic rings. The molecular formula is C19H27N7O2. The minimum Gasteiger partial charge on any atom is -0.361 e. The van der Waals surface area contributed by atoms with Crippen molar-refractivity contribution in [3.05, 3.63) is 40.3 Å². The molecule has 3 rings (SSSR count). The third-order valence-corrected chi connectivity index (χ3v) is 4.67. The van der Waals surface area contributed by atoms with Gasteiger partial charge in [0.25, 0.3) is 0 Å². The van der Waals surface area contributed by atoms with Crippen LogP contribution in [0.4, 0.5) is 23.1 Å². The number of aryl methyl sites for hydroxylation is 1. The summed E-state index contributed by atoms with van der Waals surface area (Å²) in [5, 5.41) is 21.7. The van der Waals surface area contributed by atoms with Crippen molar-refractivity contribution < 1.29 is 4.92 Å². The number of aromatic nitrogens is 3. The van der Waals surface area contributed by atoms with Crippen molar-refractivity contribution in [2.45, 2.75) is 64.6 Å². The Labute approximate surface area is 164 Å². The molecule has 3 N–H and O–H groups in total. The number of hydrogen-bond acceptors (Lipinski definition) is 8. The van der Waals surface area contributed by atoms with Crippen LogP contribution in [0.25, 0.3) is 0 Å². The Kier molecular flexibility index (Phi) is 5.20. The molecular weight excluding hydrogens is 358 g/mol. The van der Waals surface area contributed by atoms with Gasteiger partial charge in [0.05, 0.1) is 4.92 Å². The molecule has 0 aromatic carbocycles. The van der Waals surface area contributed by atoms with Crippen molar-refractivity contribution in [2.75, 3.05) is 10.6 Å². The molecule has 0 atom stereocenters. The van der Waals surface area contributed by atoms with E-state index in [4.69, 9.17) is 0 Å². The highest BCUT2D eigenvalue weighted by molar-refractivity contribution is 5.73. The maximum atomic E-state index is 11.8. The van der Waals surface area contributed by atoms with Gasteiger partial charge in [0.2, 0.25) is 11.6 Å². The van der Waals surface area contributed by atoms with E-state index in [-0.39, 0.29) is 34.4 Å². The third-order valence-electron chi connectivity index (χ3n) is 4.67. The largest absolute Gasteiger partial charge is 0.361 e. The summed E-state index contributed by atoms with van der Waals surface area (Å²) in [6.07, 6.45) is 2.96. The smallest absolute Gasteiger partial charge is 0.353 e. The Morgan fingerprint density at radius 2 is 1.79 bits per heavy atom. The normalized spacial score (nSPS) is 18.5. The van der Waals surface area contributed by atoms with E-state index in [1.807, 2.05) is 19.1 Å². The fourth-order valence-corrected chi connectivity index (χ4v) is 4.10. The van der Waals surface area contributed by atoms with Gasteiger partial charge in [-0.1, -0.05) is 6.07 Å². The first-order valence-corrected chi connectivity index (χ1v) is 9.31. The molecule has 0 amide bonds. The fourth-order valence-electron chi connectivity index (χ4n) is 4.10. The van der Waals surface area contributed by atoms with Crippen molar-refractivity contribution >= 4 is 23.1 Å². The van der Waals surface area contributed by atoms with Crippen molar-refractivity contribution in [1.29, 1.82) is 0 Å². The SMILES string of the molecule is Cc1cccc(Nc2ncnc(NC3CC(C)(C)NC(C)(C)C3)c2[N+](=O)[O-])n1. The quantitative estimate of drug-likeness (QED) is 0.528. The van der Waals surface area contributed by atoms with Gasteiger partial charge >= 0.3 is 5.69 Å². The van der Waals surface area contributed by atoms with E-state index in [1.54, 1.807) is 6.07 Å². The number of nitrogens with one attached hydrogen (secondary N) is 3. The Hall–Kier alpha value is -2.81. The second-order valence-electron chi connectivity index (χ2n) is 8.61. The predicted octanol–water partition coefficient (Wildman–Crippen LogP) is 3.55. The summed E-state index contributed by atoms with van der Waals surface area (Å²) in [5.41, 5.74) is 0.445. The first-order valence-electron chi connectivity index (χ1n) is 9.31. The zero-order valence-electron chi connectivity index (χ0n) is 16.9. The summed E-state index contributed by atoms with van der Waals surface area (Å²) in [7, 11) is 0. The Bertz CT molecular complexity index is 866. The van der Waals surface area contributed by atoms with E-state index in [0.29, 0.717) is 5.82 Å². The molecule has 3 heterocycles. The molecule has 2 aromatic heterocycles. The van der Waals surface area contributed by atoms with Crippen LogP contribution in [0, 0.1) is 17.0 Å². The number of anilines is 3. The molecule has 2 aromatic rings. The monoisotopic (exact) mass is 385 g/mol. The van der Waals surface area contributed by atoms with Crippen LogP contribution in [0.2, 0.25) is 0 Å². The molecule has 150 valence electrons. The zero-order valence-corrected chi connectivity index (χ0v) is 16.9. The minimum absolute atomic E-state index is 0.0461. The van der Waals surface area contributed by atoms with E-state index >= 15 is 0 Å². The summed E-state index contributed by atoms with van der Waals surface area (Å²) in [4.78, 5) is 23.9. The molecule has 9 nitrogen and oxygen atoms in total. The lowest BCUT2D eigenvalue weighted by Gasteiger charge is -2.46. The second kappa shape index (κ2) is 7.31. The standard InChI is InChI=1S/C19H27N7O2/c1-12-7-6-8-14(22-12)24-17-15(26(27)28)16(20-11-21-17)23-13-9-18(2,3)25-19(4,5)10-13/h6-8,11,13,25H,9-10H2,1-5H3,(H2,20,21,22,23,24). The number of nitrogens with zero attached hydrogens (tertiary/aromatic N) is 4. The van der Waals surface area contributed by atoms with Crippen LogP contribution in [0.3, 0.4) is 0 Å². The molecule has 0 aliphatic carbocycles. The van der Waals surface area contributed by atoms with Crippen molar-refractivity contribution in [3.63, 3.8) is 0 Å². The molecule has 0 bridgehead atoms. The Balaban J connectivity index is 1.90. The maximum Gasteiger partial charge on any atom is 0.353 e. The van der Waals surface area contributed by atoms with E-state index in [1.165, 1.54) is 6.33 Å². The van der Waals surface area contributed by atoms with Crippen molar-refractivity contribution in [1.82, 2.24) is 20.3 Å². The molecule has 9 heteroatoms. The van der Waals surface area contributed by atoms with Crippen LogP contribution in [-0.4, -0.2) is 37.0 Å². The van der Waals surface area contributed by atoms with Gasteiger partial charge in [-0.15, -0.1) is 0 Å². The number of pyridine rings is 1. The number of rotatable bonds is 5. The summed E-state index contributed by atoms with van der Waals surface area (Å²) in [5.74, 6) is 0.832. The fraction of sp³-hybridized carbons (Fsp3) is 0.526. The topological polar surface area (TPSA) is 118 Å². The predicted molar refractivity (Wildman–Crippen MR) is 109 cm³/mol. The van der Waals surface area contributed by atoms with Gasteiger partial charge < -0.3 is 16.0 Å². The van der Waals surface area contributed by atoms with Crippen LogP contribution in [0.5, 0.6) is 0 Å². The molecule has 1 aliphatic heterocycles. The average Bonchev–Trinajstić information content (AvgIpc) is 2.51. The van der Waals surface area contributed by atoms with E-state index in [2.05, 4.69) is 58.6 Å². The molecule has 1 fully saturated rings. The average molecular weight is 385 g/mol. The van der Waals surface area contributed by atoms with E-state index in [9.17, 15) is 10.1 Å².